The van der Waals surface area contributed by atoms with E-state index in [9.17, 15) is 9.59 Å². The Labute approximate surface area is 145 Å². The van der Waals surface area contributed by atoms with Gasteiger partial charge in [-0.15, -0.1) is 0 Å². The number of rotatable bonds is 5. The van der Waals surface area contributed by atoms with Gasteiger partial charge in [0.25, 0.3) is 0 Å². The van der Waals surface area contributed by atoms with Gasteiger partial charge in [0, 0.05) is 32.7 Å². The van der Waals surface area contributed by atoms with Crippen molar-refractivity contribution in [2.24, 2.45) is 4.99 Å². The molecule has 8 heteroatoms. The van der Waals surface area contributed by atoms with Gasteiger partial charge in [-0.1, -0.05) is 0 Å². The van der Waals surface area contributed by atoms with Crippen LogP contribution in [0.1, 0.15) is 41.5 Å². The second-order valence-electron chi connectivity index (χ2n) is 7.55. The maximum atomic E-state index is 11.8. The minimum absolute atomic E-state index is 0.115. The van der Waals surface area contributed by atoms with Crippen LogP contribution in [0.25, 0.3) is 0 Å². The highest BCUT2D eigenvalue weighted by molar-refractivity contribution is 5.86. The molecule has 0 fully saturated rings. The summed E-state index contributed by atoms with van der Waals surface area (Å²) >= 11 is 0. The molecule has 0 saturated heterocycles. The summed E-state index contributed by atoms with van der Waals surface area (Å²) in [7, 11) is 3.29. The van der Waals surface area contributed by atoms with Crippen molar-refractivity contribution in [1.29, 1.82) is 0 Å². The van der Waals surface area contributed by atoms with Crippen LogP contribution in [0.4, 0.5) is 4.79 Å². The minimum atomic E-state index is -0.517. The molecule has 0 aliphatic heterocycles. The third-order valence-corrected chi connectivity index (χ3v) is 2.60. The highest BCUT2D eigenvalue weighted by Crippen LogP contribution is 2.08. The monoisotopic (exact) mass is 343 g/mol. The van der Waals surface area contributed by atoms with E-state index in [1.54, 1.807) is 14.1 Å². The van der Waals surface area contributed by atoms with E-state index in [4.69, 9.17) is 4.74 Å². The van der Waals surface area contributed by atoms with E-state index in [0.29, 0.717) is 19.0 Å². The fourth-order valence-corrected chi connectivity index (χ4v) is 1.62. The highest BCUT2D eigenvalue weighted by Gasteiger charge is 2.19. The summed E-state index contributed by atoms with van der Waals surface area (Å²) in [6.45, 7) is 12.3. The lowest BCUT2D eigenvalue weighted by molar-refractivity contribution is -0.121. The molecule has 0 bridgehead atoms. The molecule has 2 amide bonds. The van der Waals surface area contributed by atoms with Crippen molar-refractivity contribution in [2.45, 2.75) is 52.7 Å². The number of nitrogens with one attached hydrogen (secondary N) is 3. The van der Waals surface area contributed by atoms with Crippen molar-refractivity contribution >= 4 is 18.0 Å². The zero-order chi connectivity index (χ0) is 19.0. The topological polar surface area (TPSA) is 95.1 Å². The van der Waals surface area contributed by atoms with Crippen molar-refractivity contribution in [3.63, 3.8) is 0 Å². The van der Waals surface area contributed by atoms with Gasteiger partial charge in [-0.05, 0) is 41.5 Å². The van der Waals surface area contributed by atoms with Crippen LogP contribution in [0.2, 0.25) is 0 Å². The summed E-state index contributed by atoms with van der Waals surface area (Å²) in [5.74, 6) is 0.382. The summed E-state index contributed by atoms with van der Waals surface area (Å²) in [5, 5.41) is 8.83. The van der Waals surface area contributed by atoms with Crippen molar-refractivity contribution in [1.82, 2.24) is 20.9 Å². The predicted molar refractivity (Wildman–Crippen MR) is 96.1 cm³/mol. The molecule has 0 aliphatic rings. The molecule has 0 aromatic heterocycles. The number of carbonyl (C=O) groups is 2. The van der Waals surface area contributed by atoms with Crippen LogP contribution >= 0.6 is 0 Å². The number of carbonyl (C=O) groups excluding carboxylic acids is 2. The summed E-state index contributed by atoms with van der Waals surface area (Å²) < 4.78 is 5.27. The van der Waals surface area contributed by atoms with Crippen LogP contribution < -0.4 is 16.0 Å². The smallest absolute Gasteiger partial charge is 0.410 e. The van der Waals surface area contributed by atoms with Crippen molar-refractivity contribution in [3.8, 4) is 0 Å². The third-order valence-electron chi connectivity index (χ3n) is 2.60. The van der Waals surface area contributed by atoms with Gasteiger partial charge in [-0.2, -0.15) is 0 Å². The summed E-state index contributed by atoms with van der Waals surface area (Å²) in [6.07, 6.45) is -0.378. The zero-order valence-corrected chi connectivity index (χ0v) is 16.2. The first-order valence-electron chi connectivity index (χ1n) is 8.04. The maximum Gasteiger partial charge on any atom is 0.410 e. The first-order chi connectivity index (χ1) is 10.8. The Balaban J connectivity index is 4.15. The van der Waals surface area contributed by atoms with Crippen molar-refractivity contribution < 1.29 is 14.3 Å². The molecular formula is C16H33N5O3. The molecular weight excluding hydrogens is 310 g/mol. The quantitative estimate of drug-likeness (QED) is 0.510. The molecule has 0 aromatic rings. The number of hydrogen-bond acceptors (Lipinski definition) is 4. The van der Waals surface area contributed by atoms with Crippen molar-refractivity contribution in [2.75, 3.05) is 33.7 Å². The largest absolute Gasteiger partial charge is 0.444 e. The lowest BCUT2D eigenvalue weighted by atomic mass is 10.1. The molecule has 24 heavy (non-hydrogen) atoms. The van der Waals surface area contributed by atoms with Crippen LogP contribution in [0, 0.1) is 0 Å². The average molecular weight is 343 g/mol. The van der Waals surface area contributed by atoms with Gasteiger partial charge in [-0.25, -0.2) is 4.79 Å². The number of aliphatic imine (C=N–C) groups is 1. The fourth-order valence-electron chi connectivity index (χ4n) is 1.62. The van der Waals surface area contributed by atoms with Crippen LogP contribution in [0.15, 0.2) is 4.99 Å². The van der Waals surface area contributed by atoms with Gasteiger partial charge < -0.3 is 25.6 Å². The lowest BCUT2D eigenvalue weighted by Gasteiger charge is -2.25. The van der Waals surface area contributed by atoms with Crippen LogP contribution in [-0.4, -0.2) is 67.7 Å². The second kappa shape index (κ2) is 9.34. The Morgan fingerprint density at radius 2 is 1.67 bits per heavy atom. The summed E-state index contributed by atoms with van der Waals surface area (Å²) in [4.78, 5) is 29.1. The third kappa shape index (κ3) is 11.6. The Bertz CT molecular complexity index is 450. The molecule has 0 atom stereocenters. The Kier molecular flexibility index (Phi) is 8.57. The average Bonchev–Trinajstić information content (AvgIpc) is 2.38. The molecule has 0 unspecified atom stereocenters. The Hall–Kier alpha value is -1.99. The first kappa shape index (κ1) is 22.0. The fraction of sp³-hybridized carbons (Fsp3) is 0.812. The van der Waals surface area contributed by atoms with E-state index in [-0.39, 0.29) is 24.1 Å². The molecule has 140 valence electrons. The molecule has 0 aromatic carbocycles. The van der Waals surface area contributed by atoms with E-state index >= 15 is 0 Å². The Morgan fingerprint density at radius 1 is 1.08 bits per heavy atom. The summed E-state index contributed by atoms with van der Waals surface area (Å²) in [5.41, 5.74) is -0.789. The van der Waals surface area contributed by atoms with Gasteiger partial charge >= 0.3 is 6.09 Å². The molecule has 0 heterocycles. The number of likely N-dealkylation sites (N-methyl/N-ethyl adjacent to an activating group) is 1. The number of amides is 2. The van der Waals surface area contributed by atoms with Crippen LogP contribution in [-0.2, 0) is 9.53 Å². The second-order valence-corrected chi connectivity index (χ2v) is 7.55. The molecule has 0 spiro atoms. The van der Waals surface area contributed by atoms with Gasteiger partial charge in [0.15, 0.2) is 5.96 Å². The molecule has 0 radical (unpaired) electrons. The van der Waals surface area contributed by atoms with E-state index in [1.165, 1.54) is 4.90 Å². The van der Waals surface area contributed by atoms with Gasteiger partial charge in [-0.3, -0.25) is 9.79 Å². The zero-order valence-electron chi connectivity index (χ0n) is 16.2. The number of hydrogen-bond donors (Lipinski definition) is 3. The van der Waals surface area contributed by atoms with E-state index < -0.39 is 5.60 Å². The van der Waals surface area contributed by atoms with Crippen LogP contribution in [0.5, 0.6) is 0 Å². The summed E-state index contributed by atoms with van der Waals surface area (Å²) in [6, 6.07) is 0. The molecule has 8 nitrogen and oxygen atoms in total. The molecule has 0 aliphatic carbocycles. The number of nitrogens with zero attached hydrogens (tertiary/aromatic N) is 2. The Morgan fingerprint density at radius 3 is 2.12 bits per heavy atom. The van der Waals surface area contributed by atoms with Gasteiger partial charge in [0.2, 0.25) is 5.91 Å². The van der Waals surface area contributed by atoms with Crippen LogP contribution in [0.3, 0.4) is 0 Å². The van der Waals surface area contributed by atoms with Crippen molar-refractivity contribution in [3.05, 3.63) is 0 Å². The predicted octanol–water partition coefficient (Wildman–Crippen LogP) is 0.933. The number of ether oxygens (including phenoxy) is 1. The van der Waals surface area contributed by atoms with Gasteiger partial charge in [0.1, 0.15) is 5.60 Å². The van der Waals surface area contributed by atoms with E-state index in [1.807, 2.05) is 41.5 Å². The SMILES string of the molecule is CN=C(NCCN(C)C(=O)OC(C)(C)C)NCC(=O)NC(C)(C)C. The standard InChI is InChI=1S/C16H33N5O3/c1-15(2,3)20-12(22)11-19-13(17-7)18-9-10-21(8)14(23)24-16(4,5)6/h9-11H2,1-8H3,(H,20,22)(H2,17,18,19). The normalized spacial score (nSPS) is 12.4. The lowest BCUT2D eigenvalue weighted by Crippen LogP contribution is -2.49. The first-order valence-corrected chi connectivity index (χ1v) is 8.04. The maximum absolute atomic E-state index is 11.8. The molecule has 0 rings (SSSR count). The minimum Gasteiger partial charge on any atom is -0.444 e. The highest BCUT2D eigenvalue weighted by atomic mass is 16.6. The van der Waals surface area contributed by atoms with E-state index in [2.05, 4.69) is 20.9 Å². The molecule has 3 N–H and O–H groups in total. The van der Waals surface area contributed by atoms with E-state index in [0.717, 1.165) is 0 Å². The van der Waals surface area contributed by atoms with Gasteiger partial charge in [0.05, 0.1) is 6.54 Å². The number of guanidine groups is 1. The molecule has 0 saturated carbocycles.